The summed E-state index contributed by atoms with van der Waals surface area (Å²) in [6.07, 6.45) is 1.96. The number of carboxylic acids is 1. The zero-order valence-corrected chi connectivity index (χ0v) is 10.9. The molecule has 18 heavy (non-hydrogen) atoms. The Morgan fingerprint density at radius 1 is 1.33 bits per heavy atom. The van der Waals surface area contributed by atoms with E-state index in [1.165, 1.54) is 6.07 Å². The van der Waals surface area contributed by atoms with Gasteiger partial charge in [0, 0.05) is 18.7 Å². The van der Waals surface area contributed by atoms with Gasteiger partial charge in [-0.25, -0.2) is 0 Å². The summed E-state index contributed by atoms with van der Waals surface area (Å²) in [6.45, 7) is 1.97. The topological polar surface area (TPSA) is 52.6 Å². The Hall–Kier alpha value is -0.953. The summed E-state index contributed by atoms with van der Waals surface area (Å²) in [5.41, 5.74) is 0.131. The Labute approximate surface area is 119 Å². The molecule has 0 radical (unpaired) electrons. The number of hydrogen-bond acceptors (Lipinski definition) is 4. The zero-order valence-electron chi connectivity index (χ0n) is 10.9. The van der Waals surface area contributed by atoms with Crippen molar-refractivity contribution in [3.05, 3.63) is 29.8 Å². The molecule has 1 aliphatic rings. The van der Waals surface area contributed by atoms with Gasteiger partial charge >= 0.3 is 18.9 Å². The molecule has 0 aliphatic carbocycles. The predicted molar refractivity (Wildman–Crippen MR) is 61.9 cm³/mol. The van der Waals surface area contributed by atoms with Gasteiger partial charge in [-0.15, -0.1) is 0 Å². The minimum atomic E-state index is -1.19. The summed E-state index contributed by atoms with van der Waals surface area (Å²) in [4.78, 5) is 13.2. The standard InChI is InChI=1S/C13H17NO3.Li/c1-14-8-6-10(7-9-14)17-12-5-3-2-4-11(12)13(15)16;/h2-5,10H,6-9H2,1H3,(H,15,16);/q;+1/p-1. The fraction of sp³-hybridized carbons (Fsp3) is 0.462. The molecule has 0 bridgehead atoms. The number of para-hydroxylation sites is 1. The van der Waals surface area contributed by atoms with Gasteiger partial charge in [-0.3, -0.25) is 0 Å². The Morgan fingerprint density at radius 2 is 1.94 bits per heavy atom. The fourth-order valence-electron chi connectivity index (χ4n) is 2.02. The molecule has 0 amide bonds. The average molecular weight is 241 g/mol. The molecule has 0 N–H and O–H groups in total. The van der Waals surface area contributed by atoms with Crippen LogP contribution in [0, 0.1) is 0 Å². The number of carboxylic acid groups (broad SMARTS) is 1. The SMILES string of the molecule is CN1CCC(Oc2ccccc2C(=O)[O-])CC1.[Li+]. The molecule has 0 aromatic heterocycles. The maximum Gasteiger partial charge on any atom is 1.00 e. The van der Waals surface area contributed by atoms with E-state index in [2.05, 4.69) is 11.9 Å². The van der Waals surface area contributed by atoms with Gasteiger partial charge in [0.15, 0.2) is 0 Å². The van der Waals surface area contributed by atoms with Crippen LogP contribution >= 0.6 is 0 Å². The van der Waals surface area contributed by atoms with E-state index in [1.54, 1.807) is 18.2 Å². The number of piperidine rings is 1. The number of carbonyl (C=O) groups is 1. The van der Waals surface area contributed by atoms with Crippen LogP contribution in [0.3, 0.4) is 0 Å². The van der Waals surface area contributed by atoms with Crippen molar-refractivity contribution >= 4 is 5.97 Å². The number of likely N-dealkylation sites (tertiary alicyclic amines) is 1. The summed E-state index contributed by atoms with van der Waals surface area (Å²) < 4.78 is 5.75. The third-order valence-electron chi connectivity index (χ3n) is 3.07. The first-order valence-corrected chi connectivity index (χ1v) is 5.82. The van der Waals surface area contributed by atoms with Gasteiger partial charge in [0.1, 0.15) is 11.9 Å². The number of rotatable bonds is 3. The first-order chi connectivity index (χ1) is 8.16. The van der Waals surface area contributed by atoms with Crippen molar-refractivity contribution in [1.82, 2.24) is 4.90 Å². The van der Waals surface area contributed by atoms with Gasteiger partial charge in [0.05, 0.1) is 5.97 Å². The van der Waals surface area contributed by atoms with Crippen molar-refractivity contribution in [2.75, 3.05) is 20.1 Å². The van der Waals surface area contributed by atoms with Crippen LogP contribution in [0.1, 0.15) is 23.2 Å². The normalized spacial score (nSPS) is 16.9. The maximum absolute atomic E-state index is 10.9. The second-order valence-corrected chi connectivity index (χ2v) is 4.40. The van der Waals surface area contributed by atoms with Gasteiger partial charge in [-0.05, 0) is 32.0 Å². The molecule has 1 heterocycles. The van der Waals surface area contributed by atoms with Crippen LogP contribution in [0.25, 0.3) is 0 Å². The van der Waals surface area contributed by atoms with Crippen LogP contribution in [0.2, 0.25) is 0 Å². The predicted octanol–water partition coefficient (Wildman–Crippen LogP) is -2.47. The number of ether oxygens (including phenoxy) is 1. The molecule has 0 spiro atoms. The van der Waals surface area contributed by atoms with E-state index < -0.39 is 5.97 Å². The largest absolute Gasteiger partial charge is 1.00 e. The molecule has 4 nitrogen and oxygen atoms in total. The first kappa shape index (κ1) is 15.1. The third-order valence-corrected chi connectivity index (χ3v) is 3.07. The molecule has 1 aromatic rings. The van der Waals surface area contributed by atoms with Crippen molar-refractivity contribution in [1.29, 1.82) is 0 Å². The molecule has 92 valence electrons. The molecule has 1 fully saturated rings. The van der Waals surface area contributed by atoms with Gasteiger partial charge in [0.25, 0.3) is 0 Å². The molecular weight excluding hydrogens is 225 g/mol. The van der Waals surface area contributed by atoms with Crippen molar-refractivity contribution in [3.8, 4) is 5.75 Å². The van der Waals surface area contributed by atoms with Crippen LogP contribution in [-0.2, 0) is 0 Å². The molecule has 0 unspecified atom stereocenters. The Balaban J connectivity index is 0.00000162. The van der Waals surface area contributed by atoms with Crippen molar-refractivity contribution < 1.29 is 33.5 Å². The second-order valence-electron chi connectivity index (χ2n) is 4.40. The van der Waals surface area contributed by atoms with E-state index >= 15 is 0 Å². The van der Waals surface area contributed by atoms with Crippen LogP contribution in [0.4, 0.5) is 0 Å². The van der Waals surface area contributed by atoms with E-state index in [0.29, 0.717) is 5.75 Å². The molecule has 1 saturated heterocycles. The quantitative estimate of drug-likeness (QED) is 0.550. The summed E-state index contributed by atoms with van der Waals surface area (Å²) >= 11 is 0. The van der Waals surface area contributed by atoms with Crippen molar-refractivity contribution in [3.63, 3.8) is 0 Å². The Morgan fingerprint density at radius 3 is 2.56 bits per heavy atom. The molecule has 1 aliphatic heterocycles. The monoisotopic (exact) mass is 241 g/mol. The van der Waals surface area contributed by atoms with Crippen molar-refractivity contribution in [2.24, 2.45) is 0 Å². The third kappa shape index (κ3) is 3.77. The van der Waals surface area contributed by atoms with Crippen LogP contribution in [-0.4, -0.2) is 37.1 Å². The second kappa shape index (κ2) is 6.84. The van der Waals surface area contributed by atoms with Gasteiger partial charge < -0.3 is 19.5 Å². The summed E-state index contributed by atoms with van der Waals surface area (Å²) in [5.74, 6) is -0.768. The van der Waals surface area contributed by atoms with E-state index in [4.69, 9.17) is 4.74 Å². The number of aromatic carboxylic acids is 1. The number of nitrogens with zero attached hydrogens (tertiary/aromatic N) is 1. The van der Waals surface area contributed by atoms with Crippen molar-refractivity contribution in [2.45, 2.75) is 18.9 Å². The Kier molecular flexibility index (Phi) is 5.74. The van der Waals surface area contributed by atoms with Crippen LogP contribution in [0.5, 0.6) is 5.75 Å². The number of hydrogen-bond donors (Lipinski definition) is 0. The molecule has 2 rings (SSSR count). The van der Waals surface area contributed by atoms with E-state index in [0.717, 1.165) is 25.9 Å². The van der Waals surface area contributed by atoms with Gasteiger partial charge in [-0.1, -0.05) is 12.1 Å². The summed E-state index contributed by atoms with van der Waals surface area (Å²) in [6, 6.07) is 6.65. The minimum absolute atomic E-state index is 0. The van der Waals surface area contributed by atoms with Gasteiger partial charge in [-0.2, -0.15) is 0 Å². The maximum atomic E-state index is 10.9. The van der Waals surface area contributed by atoms with E-state index in [1.807, 2.05) is 0 Å². The molecular formula is C13H16LiNO3. The molecule has 5 heteroatoms. The molecule has 0 saturated carbocycles. The number of carbonyl (C=O) groups excluding carboxylic acids is 1. The molecule has 1 aromatic carbocycles. The Bertz CT molecular complexity index is 403. The van der Waals surface area contributed by atoms with Crippen LogP contribution < -0.4 is 28.7 Å². The van der Waals surface area contributed by atoms with Crippen LogP contribution in [0.15, 0.2) is 24.3 Å². The van der Waals surface area contributed by atoms with Gasteiger partial charge in [0.2, 0.25) is 0 Å². The number of benzene rings is 1. The minimum Gasteiger partial charge on any atom is -0.545 e. The van der Waals surface area contributed by atoms with E-state index in [-0.39, 0.29) is 30.5 Å². The average Bonchev–Trinajstić information content (AvgIpc) is 2.32. The zero-order chi connectivity index (χ0) is 12.3. The summed E-state index contributed by atoms with van der Waals surface area (Å²) in [7, 11) is 2.07. The fourth-order valence-corrected chi connectivity index (χ4v) is 2.02. The van der Waals surface area contributed by atoms with E-state index in [9.17, 15) is 9.90 Å². The summed E-state index contributed by atoms with van der Waals surface area (Å²) in [5, 5.41) is 10.9. The first-order valence-electron chi connectivity index (χ1n) is 5.82. The molecule has 0 atom stereocenters. The smallest absolute Gasteiger partial charge is 0.545 e.